The van der Waals surface area contributed by atoms with E-state index in [1.165, 1.54) is 16.7 Å². The molecule has 0 heterocycles. The van der Waals surface area contributed by atoms with Crippen LogP contribution in [0, 0.1) is 5.92 Å². The lowest BCUT2D eigenvalue weighted by atomic mass is 9.72. The predicted molar refractivity (Wildman–Crippen MR) is 107 cm³/mol. The van der Waals surface area contributed by atoms with Crippen LogP contribution >= 0.6 is 0 Å². The third kappa shape index (κ3) is 4.20. The molecule has 2 rings (SSSR count). The van der Waals surface area contributed by atoms with E-state index in [4.69, 9.17) is 4.74 Å². The van der Waals surface area contributed by atoms with Crippen LogP contribution in [-0.4, -0.2) is 20.2 Å². The molecule has 2 aromatic rings. The molecule has 0 amide bonds. The van der Waals surface area contributed by atoms with Crippen molar-refractivity contribution in [1.82, 2.24) is 5.32 Å². The number of hydrogen-bond donors (Lipinski definition) is 1. The molecular weight excluding hydrogens is 306 g/mol. The Kier molecular flexibility index (Phi) is 6.98. The minimum absolute atomic E-state index is 0.239. The molecule has 2 unspecified atom stereocenters. The van der Waals surface area contributed by atoms with Crippen molar-refractivity contribution in [2.75, 3.05) is 14.2 Å². The Morgan fingerprint density at radius 3 is 1.84 bits per heavy atom. The summed E-state index contributed by atoms with van der Waals surface area (Å²) in [6.45, 7) is 6.58. The minimum atomic E-state index is -0.494. The Morgan fingerprint density at radius 1 is 1.00 bits per heavy atom. The summed E-state index contributed by atoms with van der Waals surface area (Å²) in [5.41, 5.74) is 3.23. The predicted octanol–water partition coefficient (Wildman–Crippen LogP) is 5.16. The van der Waals surface area contributed by atoms with Crippen LogP contribution in [0.2, 0.25) is 0 Å². The van der Waals surface area contributed by atoms with Crippen LogP contribution in [-0.2, 0) is 10.3 Å². The van der Waals surface area contributed by atoms with Crippen LogP contribution in [0.1, 0.15) is 38.3 Å². The highest BCUT2D eigenvalue weighted by Gasteiger charge is 2.42. The van der Waals surface area contributed by atoms with E-state index < -0.39 is 5.60 Å². The highest BCUT2D eigenvalue weighted by molar-refractivity contribution is 5.38. The van der Waals surface area contributed by atoms with E-state index in [1.54, 1.807) is 0 Å². The molecule has 0 radical (unpaired) electrons. The average Bonchev–Trinajstić information content (AvgIpc) is 2.65. The molecule has 0 aliphatic heterocycles. The minimum Gasteiger partial charge on any atom is -0.368 e. The van der Waals surface area contributed by atoms with Gasteiger partial charge in [0.25, 0.3) is 0 Å². The topological polar surface area (TPSA) is 21.3 Å². The van der Waals surface area contributed by atoms with Crippen molar-refractivity contribution in [3.05, 3.63) is 83.4 Å². The maximum absolute atomic E-state index is 6.30. The summed E-state index contributed by atoms with van der Waals surface area (Å²) in [6, 6.07) is 21.4. The van der Waals surface area contributed by atoms with Crippen LogP contribution < -0.4 is 5.32 Å². The third-order valence-electron chi connectivity index (χ3n) is 5.12. The first-order valence-corrected chi connectivity index (χ1v) is 9.03. The number of hydrogen-bond acceptors (Lipinski definition) is 2. The summed E-state index contributed by atoms with van der Waals surface area (Å²) < 4.78 is 6.30. The molecule has 134 valence electrons. The van der Waals surface area contributed by atoms with Gasteiger partial charge in [0.2, 0.25) is 0 Å². The number of benzene rings is 2. The fraction of sp³-hybridized carbons (Fsp3) is 0.391. The van der Waals surface area contributed by atoms with E-state index in [1.807, 2.05) is 14.2 Å². The molecule has 2 atom stereocenters. The van der Waals surface area contributed by atoms with Gasteiger partial charge in [-0.25, -0.2) is 0 Å². The highest BCUT2D eigenvalue weighted by atomic mass is 16.5. The van der Waals surface area contributed by atoms with Gasteiger partial charge in [-0.3, -0.25) is 0 Å². The Bertz CT molecular complexity index is 620. The molecule has 0 aliphatic carbocycles. The van der Waals surface area contributed by atoms with E-state index in [0.29, 0.717) is 6.04 Å². The quantitative estimate of drug-likeness (QED) is 0.672. The van der Waals surface area contributed by atoms with E-state index >= 15 is 0 Å². The lowest BCUT2D eigenvalue weighted by Crippen LogP contribution is -2.47. The molecule has 0 aliphatic rings. The van der Waals surface area contributed by atoms with E-state index in [0.717, 1.165) is 6.42 Å². The van der Waals surface area contributed by atoms with Gasteiger partial charge in [0.15, 0.2) is 0 Å². The van der Waals surface area contributed by atoms with Crippen molar-refractivity contribution in [2.45, 2.75) is 38.8 Å². The van der Waals surface area contributed by atoms with Crippen molar-refractivity contribution in [3.63, 3.8) is 0 Å². The summed E-state index contributed by atoms with van der Waals surface area (Å²) in [7, 11) is 3.86. The SMILES string of the molecule is CNC(CC=C(C)C)C(C)C(OC)(c1ccccc1)c1ccccc1. The van der Waals surface area contributed by atoms with E-state index in [9.17, 15) is 0 Å². The molecular formula is C23H31NO. The molecule has 0 bridgehead atoms. The molecule has 0 saturated carbocycles. The Labute approximate surface area is 152 Å². The number of nitrogens with one attached hydrogen (secondary N) is 1. The largest absolute Gasteiger partial charge is 0.368 e. The van der Waals surface area contributed by atoms with E-state index in [-0.39, 0.29) is 5.92 Å². The Morgan fingerprint density at radius 2 is 1.48 bits per heavy atom. The fourth-order valence-electron chi connectivity index (χ4n) is 3.70. The van der Waals surface area contributed by atoms with Gasteiger partial charge in [-0.15, -0.1) is 0 Å². The number of ether oxygens (including phenoxy) is 1. The van der Waals surface area contributed by atoms with Crippen LogP contribution in [0.3, 0.4) is 0 Å². The second-order valence-corrected chi connectivity index (χ2v) is 6.87. The zero-order chi connectivity index (χ0) is 18.3. The normalized spacial score (nSPS) is 14.0. The summed E-state index contributed by atoms with van der Waals surface area (Å²) in [5.74, 6) is 0.239. The van der Waals surface area contributed by atoms with Gasteiger partial charge in [-0.05, 0) is 38.4 Å². The van der Waals surface area contributed by atoms with Crippen molar-refractivity contribution in [3.8, 4) is 0 Å². The number of rotatable bonds is 8. The van der Waals surface area contributed by atoms with Crippen molar-refractivity contribution in [2.24, 2.45) is 5.92 Å². The summed E-state index contributed by atoms with van der Waals surface area (Å²) in [5, 5.41) is 3.51. The van der Waals surface area contributed by atoms with Crippen LogP contribution in [0.4, 0.5) is 0 Å². The first-order chi connectivity index (χ1) is 12.1. The van der Waals surface area contributed by atoms with Gasteiger partial charge in [0, 0.05) is 19.1 Å². The lowest BCUT2D eigenvalue weighted by Gasteiger charge is -2.42. The lowest BCUT2D eigenvalue weighted by molar-refractivity contribution is -0.0351. The van der Waals surface area contributed by atoms with Crippen LogP contribution in [0.25, 0.3) is 0 Å². The monoisotopic (exact) mass is 337 g/mol. The smallest absolute Gasteiger partial charge is 0.122 e. The molecule has 2 aromatic carbocycles. The fourth-order valence-corrected chi connectivity index (χ4v) is 3.70. The first kappa shape index (κ1) is 19.4. The summed E-state index contributed by atoms with van der Waals surface area (Å²) >= 11 is 0. The van der Waals surface area contributed by atoms with Gasteiger partial charge in [-0.2, -0.15) is 0 Å². The number of methoxy groups -OCH3 is 1. The summed E-state index contributed by atoms with van der Waals surface area (Å²) in [6.07, 6.45) is 3.28. The van der Waals surface area contributed by atoms with Gasteiger partial charge in [0.1, 0.15) is 5.60 Å². The van der Waals surface area contributed by atoms with Crippen LogP contribution in [0.15, 0.2) is 72.3 Å². The summed E-state index contributed by atoms with van der Waals surface area (Å²) in [4.78, 5) is 0. The molecule has 0 saturated heterocycles. The molecule has 1 N–H and O–H groups in total. The van der Waals surface area contributed by atoms with Gasteiger partial charge >= 0.3 is 0 Å². The highest BCUT2D eigenvalue weighted by Crippen LogP contribution is 2.42. The zero-order valence-corrected chi connectivity index (χ0v) is 16.1. The molecule has 2 heteroatoms. The first-order valence-electron chi connectivity index (χ1n) is 9.03. The molecule has 25 heavy (non-hydrogen) atoms. The van der Waals surface area contributed by atoms with Crippen molar-refractivity contribution >= 4 is 0 Å². The molecule has 0 aromatic heterocycles. The van der Waals surface area contributed by atoms with E-state index in [2.05, 4.69) is 92.8 Å². The maximum atomic E-state index is 6.30. The van der Waals surface area contributed by atoms with Gasteiger partial charge in [0.05, 0.1) is 0 Å². The Balaban J connectivity index is 2.56. The maximum Gasteiger partial charge on any atom is 0.122 e. The molecule has 2 nitrogen and oxygen atoms in total. The standard InChI is InChI=1S/C23H31NO/c1-18(2)16-17-22(24-4)19(3)23(25-5,20-12-8-6-9-13-20)21-14-10-7-11-15-21/h6-16,19,22,24H,17H2,1-5H3. The average molecular weight is 338 g/mol. The third-order valence-corrected chi connectivity index (χ3v) is 5.12. The Hall–Kier alpha value is -1.90. The van der Waals surface area contributed by atoms with Crippen LogP contribution in [0.5, 0.6) is 0 Å². The van der Waals surface area contributed by atoms with Gasteiger partial charge < -0.3 is 10.1 Å². The van der Waals surface area contributed by atoms with Crippen molar-refractivity contribution < 1.29 is 4.74 Å². The number of allylic oxidation sites excluding steroid dienone is 1. The second-order valence-electron chi connectivity index (χ2n) is 6.87. The van der Waals surface area contributed by atoms with Gasteiger partial charge in [-0.1, -0.05) is 79.2 Å². The second kappa shape index (κ2) is 8.98. The molecule has 0 spiro atoms. The molecule has 0 fully saturated rings. The van der Waals surface area contributed by atoms with Crippen molar-refractivity contribution in [1.29, 1.82) is 0 Å². The zero-order valence-electron chi connectivity index (χ0n) is 16.1.